The minimum Gasteiger partial charge on any atom is -0.377 e. The first-order valence-corrected chi connectivity index (χ1v) is 8.34. The highest BCUT2D eigenvalue weighted by molar-refractivity contribution is 5.66. The van der Waals surface area contributed by atoms with Gasteiger partial charge in [0.05, 0.1) is 11.0 Å². The second-order valence-electron chi connectivity index (χ2n) is 6.81. The van der Waals surface area contributed by atoms with Crippen molar-refractivity contribution < 1.29 is 4.92 Å². The van der Waals surface area contributed by atoms with E-state index in [1.807, 2.05) is 12.1 Å². The third-order valence-corrected chi connectivity index (χ3v) is 5.41. The summed E-state index contributed by atoms with van der Waals surface area (Å²) in [5, 5.41) is 14.6. The van der Waals surface area contributed by atoms with Crippen LogP contribution in [0.2, 0.25) is 0 Å². The van der Waals surface area contributed by atoms with Gasteiger partial charge in [0.1, 0.15) is 0 Å². The van der Waals surface area contributed by atoms with Gasteiger partial charge in [0.2, 0.25) is 0 Å². The van der Waals surface area contributed by atoms with E-state index in [2.05, 4.69) is 43.4 Å². The minimum absolute atomic E-state index is 0.142. The largest absolute Gasteiger partial charge is 0.377 e. The maximum Gasteiger partial charge on any atom is 0.269 e. The number of hydrogen-bond acceptors (Lipinski definition) is 3. The second-order valence-corrected chi connectivity index (χ2v) is 6.81. The molecule has 0 amide bonds. The first kappa shape index (κ1) is 14.9. The van der Waals surface area contributed by atoms with Gasteiger partial charge in [-0.1, -0.05) is 36.4 Å². The van der Waals surface area contributed by atoms with Gasteiger partial charge < -0.3 is 5.32 Å². The molecule has 2 aromatic rings. The molecule has 0 unspecified atom stereocenters. The Morgan fingerprint density at radius 3 is 2.50 bits per heavy atom. The molecule has 0 saturated heterocycles. The number of benzene rings is 2. The quantitative estimate of drug-likeness (QED) is 0.479. The Balaban J connectivity index is 1.78. The van der Waals surface area contributed by atoms with Crippen molar-refractivity contribution in [1.82, 2.24) is 0 Å². The molecule has 4 rings (SSSR count). The summed E-state index contributed by atoms with van der Waals surface area (Å²) in [7, 11) is 0. The van der Waals surface area contributed by atoms with Crippen molar-refractivity contribution in [3.63, 3.8) is 0 Å². The van der Waals surface area contributed by atoms with E-state index in [9.17, 15) is 10.1 Å². The minimum atomic E-state index is -0.346. The normalized spacial score (nSPS) is 24.2. The van der Waals surface area contributed by atoms with Gasteiger partial charge >= 0.3 is 0 Å². The summed E-state index contributed by atoms with van der Waals surface area (Å²) in [5.74, 6) is 0.876. The van der Waals surface area contributed by atoms with Gasteiger partial charge in [-0.3, -0.25) is 10.1 Å². The lowest BCUT2D eigenvalue weighted by Crippen LogP contribution is -2.30. The number of hydrogen-bond donors (Lipinski definition) is 1. The monoisotopic (exact) mass is 320 g/mol. The van der Waals surface area contributed by atoms with E-state index in [-0.39, 0.29) is 16.7 Å². The zero-order valence-corrected chi connectivity index (χ0v) is 13.8. The first-order valence-electron chi connectivity index (χ1n) is 8.34. The van der Waals surface area contributed by atoms with Crippen LogP contribution in [0.5, 0.6) is 0 Å². The molecule has 1 aliphatic heterocycles. The number of nitrogens with zero attached hydrogens (tertiary/aromatic N) is 1. The van der Waals surface area contributed by atoms with Crippen molar-refractivity contribution in [2.45, 2.75) is 32.2 Å². The van der Waals surface area contributed by atoms with Crippen molar-refractivity contribution in [1.29, 1.82) is 0 Å². The number of nitrogens with one attached hydrogen (secondary N) is 1. The van der Waals surface area contributed by atoms with Gasteiger partial charge in [-0.15, -0.1) is 0 Å². The van der Waals surface area contributed by atoms with Crippen LogP contribution in [0.15, 0.2) is 48.6 Å². The van der Waals surface area contributed by atoms with Crippen LogP contribution in [0.4, 0.5) is 11.4 Å². The average Bonchev–Trinajstić information content (AvgIpc) is 3.07. The number of allylic oxidation sites excluding steroid dienone is 2. The molecular formula is C20H20N2O2. The van der Waals surface area contributed by atoms with Crippen LogP contribution in [0.25, 0.3) is 0 Å². The third kappa shape index (κ3) is 2.21. The molecule has 1 aliphatic carbocycles. The number of non-ortho nitro benzene ring substituents is 1. The van der Waals surface area contributed by atoms with Crippen LogP contribution in [0.1, 0.15) is 40.6 Å². The smallest absolute Gasteiger partial charge is 0.269 e. The molecule has 122 valence electrons. The highest BCUT2D eigenvalue weighted by atomic mass is 16.6. The SMILES string of the molecule is Cc1ccc(C)c2c1N[C@@H](c1ccc([N+](=O)[O-])cc1)[C@@H]1CC=C[C@H]21. The average molecular weight is 320 g/mol. The molecular weight excluding hydrogens is 300 g/mol. The molecule has 1 heterocycles. The van der Waals surface area contributed by atoms with Gasteiger partial charge in [-0.2, -0.15) is 0 Å². The zero-order valence-electron chi connectivity index (χ0n) is 13.8. The van der Waals surface area contributed by atoms with Crippen molar-refractivity contribution in [3.8, 4) is 0 Å². The summed E-state index contributed by atoms with van der Waals surface area (Å²) >= 11 is 0. The molecule has 0 fully saturated rings. The molecule has 4 nitrogen and oxygen atoms in total. The first-order chi connectivity index (χ1) is 11.6. The maximum atomic E-state index is 10.9. The number of nitro benzene ring substituents is 1. The van der Waals surface area contributed by atoms with Crippen LogP contribution < -0.4 is 5.32 Å². The van der Waals surface area contributed by atoms with Crippen LogP contribution in [-0.2, 0) is 0 Å². The van der Waals surface area contributed by atoms with Crippen molar-refractivity contribution in [2.24, 2.45) is 5.92 Å². The van der Waals surface area contributed by atoms with E-state index >= 15 is 0 Å². The predicted molar refractivity (Wildman–Crippen MR) is 95.4 cm³/mol. The molecule has 3 atom stereocenters. The molecule has 0 bridgehead atoms. The van der Waals surface area contributed by atoms with Gasteiger partial charge in [0.25, 0.3) is 5.69 Å². The Labute approximate surface area is 141 Å². The lowest BCUT2D eigenvalue weighted by Gasteiger charge is -2.39. The predicted octanol–water partition coefficient (Wildman–Crippen LogP) is 5.04. The fourth-order valence-electron chi connectivity index (χ4n) is 4.18. The van der Waals surface area contributed by atoms with Crippen LogP contribution in [0, 0.1) is 29.9 Å². The molecule has 24 heavy (non-hydrogen) atoms. The highest BCUT2D eigenvalue weighted by Crippen LogP contribution is 2.51. The molecule has 0 saturated carbocycles. The zero-order chi connectivity index (χ0) is 16.8. The van der Waals surface area contributed by atoms with Crippen LogP contribution >= 0.6 is 0 Å². The fourth-order valence-corrected chi connectivity index (χ4v) is 4.18. The molecule has 2 aliphatic rings. The Morgan fingerprint density at radius 1 is 1.08 bits per heavy atom. The van der Waals surface area contributed by atoms with E-state index in [1.165, 1.54) is 22.4 Å². The summed E-state index contributed by atoms with van der Waals surface area (Å²) in [6, 6.07) is 11.5. The van der Waals surface area contributed by atoms with Crippen molar-refractivity contribution >= 4 is 11.4 Å². The topological polar surface area (TPSA) is 55.2 Å². The number of anilines is 1. The number of aryl methyl sites for hydroxylation is 2. The van der Waals surface area contributed by atoms with E-state index in [4.69, 9.17) is 0 Å². The van der Waals surface area contributed by atoms with Crippen LogP contribution in [-0.4, -0.2) is 4.92 Å². The molecule has 0 aromatic heterocycles. The fraction of sp³-hybridized carbons (Fsp3) is 0.300. The Kier molecular flexibility index (Phi) is 3.41. The second kappa shape index (κ2) is 5.48. The summed E-state index contributed by atoms with van der Waals surface area (Å²) in [5.41, 5.74) is 6.47. The summed E-state index contributed by atoms with van der Waals surface area (Å²) < 4.78 is 0. The van der Waals surface area contributed by atoms with Gasteiger partial charge in [0.15, 0.2) is 0 Å². The molecule has 0 radical (unpaired) electrons. The van der Waals surface area contributed by atoms with Crippen molar-refractivity contribution in [3.05, 3.63) is 80.9 Å². The van der Waals surface area contributed by atoms with E-state index in [0.29, 0.717) is 11.8 Å². The Bertz CT molecular complexity index is 839. The van der Waals surface area contributed by atoms with Gasteiger partial charge in [-0.25, -0.2) is 0 Å². The molecule has 1 N–H and O–H groups in total. The lowest BCUT2D eigenvalue weighted by atomic mass is 9.75. The molecule has 2 aromatic carbocycles. The van der Waals surface area contributed by atoms with Gasteiger partial charge in [0, 0.05) is 23.7 Å². The summed E-state index contributed by atoms with van der Waals surface area (Å²) in [6.07, 6.45) is 5.63. The third-order valence-electron chi connectivity index (χ3n) is 5.41. The summed E-state index contributed by atoms with van der Waals surface area (Å²) in [6.45, 7) is 4.31. The standard InChI is InChI=1S/C20H20N2O2/c1-12-6-7-13(2)19-18(12)16-4-3-5-17(16)20(21-19)14-8-10-15(11-9-14)22(23)24/h3-4,6-11,16-17,20-21H,5H2,1-2H3/t16-,17+,20-/m0/s1. The molecule has 4 heteroatoms. The Morgan fingerprint density at radius 2 is 1.79 bits per heavy atom. The summed E-state index contributed by atoms with van der Waals surface area (Å²) in [4.78, 5) is 10.6. The highest BCUT2D eigenvalue weighted by Gasteiger charge is 2.39. The maximum absolute atomic E-state index is 10.9. The lowest BCUT2D eigenvalue weighted by molar-refractivity contribution is -0.384. The number of nitro groups is 1. The van der Waals surface area contributed by atoms with E-state index < -0.39 is 0 Å². The number of fused-ring (bicyclic) bond motifs is 3. The van der Waals surface area contributed by atoms with E-state index in [0.717, 1.165) is 12.0 Å². The number of rotatable bonds is 2. The van der Waals surface area contributed by atoms with Crippen LogP contribution in [0.3, 0.4) is 0 Å². The van der Waals surface area contributed by atoms with Gasteiger partial charge in [-0.05, 0) is 48.4 Å². The Hall–Kier alpha value is -2.62. The van der Waals surface area contributed by atoms with E-state index in [1.54, 1.807) is 12.1 Å². The van der Waals surface area contributed by atoms with Crippen molar-refractivity contribution in [2.75, 3.05) is 5.32 Å². The molecule has 0 spiro atoms.